The van der Waals surface area contributed by atoms with Gasteiger partial charge in [0.05, 0.1) is 0 Å². The third-order valence-corrected chi connectivity index (χ3v) is 3.99. The summed E-state index contributed by atoms with van der Waals surface area (Å²) in [6.07, 6.45) is 6.56. The van der Waals surface area contributed by atoms with Gasteiger partial charge in [-0.25, -0.2) is 0 Å². The van der Waals surface area contributed by atoms with E-state index in [1.54, 1.807) is 0 Å². The Morgan fingerprint density at radius 1 is 1.18 bits per heavy atom. The second-order valence-electron chi connectivity index (χ2n) is 6.57. The molecule has 1 heteroatoms. The molecular formula is C16H23Cl. The molecule has 1 aliphatic rings. The molecule has 0 atom stereocenters. The molecule has 0 nitrogen and oxygen atoms in total. The van der Waals surface area contributed by atoms with Crippen molar-refractivity contribution in [1.82, 2.24) is 0 Å². The maximum Gasteiger partial charge on any atom is 0.0438 e. The Balaban J connectivity index is 2.22. The molecule has 1 aromatic rings. The van der Waals surface area contributed by atoms with Gasteiger partial charge >= 0.3 is 0 Å². The maximum atomic E-state index is 6.31. The first-order valence-electron chi connectivity index (χ1n) is 6.74. The summed E-state index contributed by atoms with van der Waals surface area (Å²) in [7, 11) is 0. The number of benzene rings is 1. The molecule has 1 saturated carbocycles. The Hall–Kier alpha value is -0.490. The van der Waals surface area contributed by atoms with Crippen LogP contribution in [0.1, 0.15) is 63.5 Å². The Bertz CT molecular complexity index is 381. The normalized spacial score (nSPS) is 17.6. The number of hydrogen-bond acceptors (Lipinski definition) is 0. The van der Waals surface area contributed by atoms with Gasteiger partial charge in [-0.15, -0.1) is 0 Å². The van der Waals surface area contributed by atoms with E-state index < -0.39 is 0 Å². The molecule has 1 fully saturated rings. The molecule has 0 aromatic heterocycles. The molecule has 1 aromatic carbocycles. The highest BCUT2D eigenvalue weighted by Crippen LogP contribution is 2.36. The lowest BCUT2D eigenvalue weighted by Crippen LogP contribution is -2.10. The maximum absolute atomic E-state index is 6.31. The van der Waals surface area contributed by atoms with E-state index in [2.05, 4.69) is 39.0 Å². The molecule has 17 heavy (non-hydrogen) atoms. The molecule has 0 bridgehead atoms. The highest BCUT2D eigenvalue weighted by molar-refractivity contribution is 6.31. The minimum Gasteiger partial charge on any atom is -0.0840 e. The fourth-order valence-corrected chi connectivity index (χ4v) is 3.00. The van der Waals surface area contributed by atoms with E-state index in [1.807, 2.05) is 0 Å². The van der Waals surface area contributed by atoms with Gasteiger partial charge in [-0.05, 0) is 47.8 Å². The Morgan fingerprint density at radius 3 is 2.41 bits per heavy atom. The zero-order valence-corrected chi connectivity index (χ0v) is 12.0. The molecule has 0 saturated heterocycles. The van der Waals surface area contributed by atoms with Crippen LogP contribution in [-0.4, -0.2) is 0 Å². The van der Waals surface area contributed by atoms with E-state index in [0.29, 0.717) is 5.41 Å². The zero-order valence-electron chi connectivity index (χ0n) is 11.2. The molecule has 0 N–H and O–H groups in total. The standard InChI is InChI=1S/C16H23Cl/c1-16(2,3)11-14-10-13(8-9-15(14)17)12-6-4-5-7-12/h8-10,12H,4-7,11H2,1-3H3. The number of rotatable bonds is 2. The smallest absolute Gasteiger partial charge is 0.0438 e. The lowest BCUT2D eigenvalue weighted by atomic mass is 9.86. The van der Waals surface area contributed by atoms with Crippen LogP contribution in [0.15, 0.2) is 18.2 Å². The highest BCUT2D eigenvalue weighted by atomic mass is 35.5. The van der Waals surface area contributed by atoms with Gasteiger partial charge in [-0.1, -0.05) is 57.3 Å². The van der Waals surface area contributed by atoms with Crippen LogP contribution in [0, 0.1) is 5.41 Å². The van der Waals surface area contributed by atoms with Crippen molar-refractivity contribution in [1.29, 1.82) is 0 Å². The molecule has 0 spiro atoms. The SMILES string of the molecule is CC(C)(C)Cc1cc(C2CCCC2)ccc1Cl. The van der Waals surface area contributed by atoms with Gasteiger partial charge in [0, 0.05) is 5.02 Å². The second-order valence-corrected chi connectivity index (χ2v) is 6.98. The van der Waals surface area contributed by atoms with Crippen LogP contribution in [0.5, 0.6) is 0 Å². The van der Waals surface area contributed by atoms with Crippen molar-refractivity contribution in [3.8, 4) is 0 Å². The van der Waals surface area contributed by atoms with Crippen molar-refractivity contribution >= 4 is 11.6 Å². The summed E-state index contributed by atoms with van der Waals surface area (Å²) >= 11 is 6.31. The van der Waals surface area contributed by atoms with E-state index in [1.165, 1.54) is 36.8 Å². The third kappa shape index (κ3) is 3.48. The van der Waals surface area contributed by atoms with Gasteiger partial charge in [0.1, 0.15) is 0 Å². The quantitative estimate of drug-likeness (QED) is 0.642. The summed E-state index contributed by atoms with van der Waals surface area (Å²) in [4.78, 5) is 0. The Morgan fingerprint density at radius 2 is 1.82 bits per heavy atom. The van der Waals surface area contributed by atoms with Crippen LogP contribution < -0.4 is 0 Å². The van der Waals surface area contributed by atoms with Crippen molar-refractivity contribution in [3.63, 3.8) is 0 Å². The van der Waals surface area contributed by atoms with E-state index in [-0.39, 0.29) is 0 Å². The van der Waals surface area contributed by atoms with Crippen LogP contribution in [-0.2, 0) is 6.42 Å². The zero-order chi connectivity index (χ0) is 12.5. The van der Waals surface area contributed by atoms with Crippen LogP contribution >= 0.6 is 11.6 Å². The largest absolute Gasteiger partial charge is 0.0840 e. The van der Waals surface area contributed by atoms with Gasteiger partial charge in [-0.2, -0.15) is 0 Å². The van der Waals surface area contributed by atoms with Gasteiger partial charge < -0.3 is 0 Å². The molecule has 94 valence electrons. The van der Waals surface area contributed by atoms with Crippen LogP contribution in [0.25, 0.3) is 0 Å². The van der Waals surface area contributed by atoms with E-state index >= 15 is 0 Å². The lowest BCUT2D eigenvalue weighted by molar-refractivity contribution is 0.411. The molecule has 1 aliphatic carbocycles. The Labute approximate surface area is 110 Å². The fourth-order valence-electron chi connectivity index (χ4n) is 2.81. The number of halogens is 1. The van der Waals surface area contributed by atoms with Crippen LogP contribution in [0.2, 0.25) is 5.02 Å². The van der Waals surface area contributed by atoms with Gasteiger partial charge in [0.25, 0.3) is 0 Å². The summed E-state index contributed by atoms with van der Waals surface area (Å²) in [5.74, 6) is 0.783. The van der Waals surface area contributed by atoms with Crippen molar-refractivity contribution < 1.29 is 0 Å². The van der Waals surface area contributed by atoms with Gasteiger partial charge in [0.15, 0.2) is 0 Å². The summed E-state index contributed by atoms with van der Waals surface area (Å²) in [6, 6.07) is 6.67. The highest BCUT2D eigenvalue weighted by Gasteiger charge is 2.19. The first-order chi connectivity index (χ1) is 7.96. The van der Waals surface area contributed by atoms with Crippen LogP contribution in [0.4, 0.5) is 0 Å². The molecule has 0 unspecified atom stereocenters. The van der Waals surface area contributed by atoms with Crippen LogP contribution in [0.3, 0.4) is 0 Å². The first kappa shape index (κ1) is 13.0. The average molecular weight is 251 g/mol. The first-order valence-corrected chi connectivity index (χ1v) is 7.12. The van der Waals surface area contributed by atoms with E-state index in [4.69, 9.17) is 11.6 Å². The topological polar surface area (TPSA) is 0 Å². The molecular weight excluding hydrogens is 228 g/mol. The van der Waals surface area contributed by atoms with E-state index in [9.17, 15) is 0 Å². The minimum atomic E-state index is 0.304. The van der Waals surface area contributed by atoms with Crippen molar-refractivity contribution in [2.75, 3.05) is 0 Å². The van der Waals surface area contributed by atoms with Gasteiger partial charge in [-0.3, -0.25) is 0 Å². The third-order valence-electron chi connectivity index (χ3n) is 3.62. The molecule has 0 amide bonds. The monoisotopic (exact) mass is 250 g/mol. The second kappa shape index (κ2) is 5.02. The lowest BCUT2D eigenvalue weighted by Gasteiger charge is -2.20. The summed E-state index contributed by atoms with van der Waals surface area (Å²) in [5.41, 5.74) is 3.13. The Kier molecular flexibility index (Phi) is 3.82. The van der Waals surface area contributed by atoms with Crippen molar-refractivity contribution in [3.05, 3.63) is 34.3 Å². The van der Waals surface area contributed by atoms with Crippen molar-refractivity contribution in [2.24, 2.45) is 5.41 Å². The summed E-state index contributed by atoms with van der Waals surface area (Å²) in [5, 5.41) is 0.932. The van der Waals surface area contributed by atoms with Gasteiger partial charge in [0.2, 0.25) is 0 Å². The number of hydrogen-bond donors (Lipinski definition) is 0. The van der Waals surface area contributed by atoms with Crippen molar-refractivity contribution in [2.45, 2.75) is 58.8 Å². The summed E-state index contributed by atoms with van der Waals surface area (Å²) in [6.45, 7) is 6.81. The minimum absolute atomic E-state index is 0.304. The predicted molar refractivity (Wildman–Crippen MR) is 75.8 cm³/mol. The summed E-state index contributed by atoms with van der Waals surface area (Å²) < 4.78 is 0. The van der Waals surface area contributed by atoms with E-state index in [0.717, 1.165) is 17.4 Å². The predicted octanol–water partition coefficient (Wildman–Crippen LogP) is 5.59. The average Bonchev–Trinajstić information content (AvgIpc) is 2.72. The molecule has 0 aliphatic heterocycles. The molecule has 0 heterocycles. The molecule has 0 radical (unpaired) electrons. The fraction of sp³-hybridized carbons (Fsp3) is 0.625. The molecule has 2 rings (SSSR count).